The Kier molecular flexibility index (Phi) is 5.36. The van der Waals surface area contributed by atoms with Gasteiger partial charge in [0.25, 0.3) is 0 Å². The van der Waals surface area contributed by atoms with Gasteiger partial charge < -0.3 is 5.32 Å². The lowest BCUT2D eigenvalue weighted by Crippen LogP contribution is -2.14. The molecule has 140 valence electrons. The van der Waals surface area contributed by atoms with Crippen LogP contribution in [0.15, 0.2) is 70.3 Å². The maximum atomic E-state index is 13.1. The van der Waals surface area contributed by atoms with Crippen LogP contribution in [0.1, 0.15) is 0 Å². The van der Waals surface area contributed by atoms with Crippen LogP contribution < -0.4 is 5.32 Å². The van der Waals surface area contributed by atoms with Crippen molar-refractivity contribution in [2.24, 2.45) is 0 Å². The molecule has 6 nitrogen and oxygen atoms in total. The number of rotatable bonds is 5. The minimum absolute atomic E-state index is 0.154. The SMILES string of the molecule is O=C(CSc1nnc2ccc(-c3ccc(F)cc3)nn12)Nc1ccc(Br)cc1. The monoisotopic (exact) mass is 457 g/mol. The van der Waals surface area contributed by atoms with E-state index in [4.69, 9.17) is 0 Å². The van der Waals surface area contributed by atoms with Gasteiger partial charge in [0.2, 0.25) is 11.1 Å². The van der Waals surface area contributed by atoms with E-state index in [-0.39, 0.29) is 17.5 Å². The molecule has 4 rings (SSSR count). The Morgan fingerprint density at radius 2 is 1.79 bits per heavy atom. The highest BCUT2D eigenvalue weighted by Gasteiger charge is 2.12. The average Bonchev–Trinajstić information content (AvgIpc) is 3.11. The first-order valence-electron chi connectivity index (χ1n) is 8.25. The number of thioether (sulfide) groups is 1. The highest BCUT2D eigenvalue weighted by Crippen LogP contribution is 2.21. The molecule has 0 aliphatic heterocycles. The Bertz CT molecular complexity index is 1130. The van der Waals surface area contributed by atoms with Crippen molar-refractivity contribution in [1.82, 2.24) is 19.8 Å². The molecule has 9 heteroatoms. The molecule has 1 amide bonds. The summed E-state index contributed by atoms with van der Waals surface area (Å²) in [6.45, 7) is 0. The second-order valence-electron chi connectivity index (χ2n) is 5.82. The van der Waals surface area contributed by atoms with E-state index in [0.717, 1.165) is 15.7 Å². The molecule has 1 N–H and O–H groups in total. The van der Waals surface area contributed by atoms with Crippen molar-refractivity contribution in [3.8, 4) is 11.3 Å². The lowest BCUT2D eigenvalue weighted by Gasteiger charge is -2.05. The number of halogens is 2. The highest BCUT2D eigenvalue weighted by atomic mass is 79.9. The van der Waals surface area contributed by atoms with Gasteiger partial charge in [0.15, 0.2) is 5.65 Å². The van der Waals surface area contributed by atoms with Crippen molar-refractivity contribution in [2.75, 3.05) is 11.1 Å². The van der Waals surface area contributed by atoms with Crippen LogP contribution >= 0.6 is 27.7 Å². The second-order valence-corrected chi connectivity index (χ2v) is 7.68. The van der Waals surface area contributed by atoms with Gasteiger partial charge in [-0.3, -0.25) is 4.79 Å². The minimum Gasteiger partial charge on any atom is -0.325 e. The third-order valence-electron chi connectivity index (χ3n) is 3.83. The van der Waals surface area contributed by atoms with Crippen molar-refractivity contribution in [3.63, 3.8) is 0 Å². The van der Waals surface area contributed by atoms with Crippen LogP contribution in [-0.2, 0) is 4.79 Å². The molecule has 0 aliphatic rings. The van der Waals surface area contributed by atoms with Crippen molar-refractivity contribution in [3.05, 3.63) is 71.0 Å². The molecule has 2 heterocycles. The van der Waals surface area contributed by atoms with Gasteiger partial charge >= 0.3 is 0 Å². The Hall–Kier alpha value is -2.78. The molecule has 0 unspecified atom stereocenters. The fourth-order valence-electron chi connectivity index (χ4n) is 2.49. The predicted molar refractivity (Wildman–Crippen MR) is 110 cm³/mol. The molecule has 0 spiro atoms. The van der Waals surface area contributed by atoms with Crippen molar-refractivity contribution in [1.29, 1.82) is 0 Å². The summed E-state index contributed by atoms with van der Waals surface area (Å²) in [5.74, 6) is -0.291. The van der Waals surface area contributed by atoms with Gasteiger partial charge in [0.1, 0.15) is 5.82 Å². The quantitative estimate of drug-likeness (QED) is 0.449. The minimum atomic E-state index is -0.304. The topological polar surface area (TPSA) is 72.2 Å². The highest BCUT2D eigenvalue weighted by molar-refractivity contribution is 9.10. The van der Waals surface area contributed by atoms with Crippen molar-refractivity contribution >= 4 is 44.9 Å². The van der Waals surface area contributed by atoms with Crippen molar-refractivity contribution < 1.29 is 9.18 Å². The van der Waals surface area contributed by atoms with Crippen LogP contribution in [0.4, 0.5) is 10.1 Å². The van der Waals surface area contributed by atoms with Crippen LogP contribution in [0.2, 0.25) is 0 Å². The molecule has 2 aromatic heterocycles. The standard InChI is InChI=1S/C19H13BrFN5OS/c20-13-3-7-15(8-4-13)22-18(27)11-28-19-24-23-17-10-9-16(25-26(17)19)12-1-5-14(21)6-2-12/h1-10H,11H2,(H,22,27). The molecule has 0 saturated carbocycles. The number of carbonyl (C=O) groups excluding carboxylic acids is 1. The summed E-state index contributed by atoms with van der Waals surface area (Å²) >= 11 is 4.60. The number of nitrogens with one attached hydrogen (secondary N) is 1. The number of hydrogen-bond acceptors (Lipinski definition) is 5. The Morgan fingerprint density at radius 3 is 2.54 bits per heavy atom. The Balaban J connectivity index is 1.49. The van der Waals surface area contributed by atoms with Crippen LogP contribution in [0.3, 0.4) is 0 Å². The fourth-order valence-corrected chi connectivity index (χ4v) is 3.45. The second kappa shape index (κ2) is 8.07. The molecular formula is C19H13BrFN5OS. The molecule has 0 saturated heterocycles. The van der Waals surface area contributed by atoms with Gasteiger partial charge in [-0.2, -0.15) is 9.61 Å². The van der Waals surface area contributed by atoms with Gasteiger partial charge in [0, 0.05) is 15.7 Å². The smallest absolute Gasteiger partial charge is 0.234 e. The summed E-state index contributed by atoms with van der Waals surface area (Å²) in [6.07, 6.45) is 0. The third kappa shape index (κ3) is 4.20. The summed E-state index contributed by atoms with van der Waals surface area (Å²) in [5, 5.41) is 16.0. The molecule has 0 radical (unpaired) electrons. The van der Waals surface area contributed by atoms with Gasteiger partial charge in [-0.1, -0.05) is 27.7 Å². The lowest BCUT2D eigenvalue weighted by atomic mass is 10.1. The number of carbonyl (C=O) groups is 1. The van der Waals surface area contributed by atoms with E-state index >= 15 is 0 Å². The number of amides is 1. The fraction of sp³-hybridized carbons (Fsp3) is 0.0526. The zero-order chi connectivity index (χ0) is 19.5. The van der Waals surface area contributed by atoms with Crippen molar-refractivity contribution in [2.45, 2.75) is 5.16 Å². The zero-order valence-electron chi connectivity index (χ0n) is 14.3. The zero-order valence-corrected chi connectivity index (χ0v) is 16.7. The molecule has 4 aromatic rings. The first kappa shape index (κ1) is 18.6. The first-order chi connectivity index (χ1) is 13.6. The number of anilines is 1. The molecule has 2 aromatic carbocycles. The number of benzene rings is 2. The summed E-state index contributed by atoms with van der Waals surface area (Å²) in [7, 11) is 0. The largest absolute Gasteiger partial charge is 0.325 e. The molecule has 0 aliphatic carbocycles. The lowest BCUT2D eigenvalue weighted by molar-refractivity contribution is -0.113. The summed E-state index contributed by atoms with van der Waals surface area (Å²) in [5.41, 5.74) is 2.73. The molecule has 28 heavy (non-hydrogen) atoms. The first-order valence-corrected chi connectivity index (χ1v) is 10.0. The normalized spacial score (nSPS) is 10.9. The number of fused-ring (bicyclic) bond motifs is 1. The Labute approximate surface area is 172 Å². The van der Waals surface area contributed by atoms with Gasteiger partial charge in [-0.25, -0.2) is 4.39 Å². The van der Waals surface area contributed by atoms with Gasteiger partial charge in [0.05, 0.1) is 11.4 Å². The molecule has 0 fully saturated rings. The maximum absolute atomic E-state index is 13.1. The van der Waals surface area contributed by atoms with E-state index in [1.807, 2.05) is 24.3 Å². The van der Waals surface area contributed by atoms with E-state index < -0.39 is 0 Å². The predicted octanol–water partition coefficient (Wildman–Crippen LogP) is 4.42. The Morgan fingerprint density at radius 1 is 1.04 bits per heavy atom. The third-order valence-corrected chi connectivity index (χ3v) is 5.28. The van der Waals surface area contributed by atoms with Crippen LogP contribution in [0, 0.1) is 5.82 Å². The van der Waals surface area contributed by atoms with E-state index in [1.54, 1.807) is 28.8 Å². The molecule has 0 atom stereocenters. The summed E-state index contributed by atoms with van der Waals surface area (Å²) in [6, 6.07) is 17.0. The number of aromatic nitrogens is 4. The van der Waals surface area contributed by atoms with E-state index in [1.165, 1.54) is 23.9 Å². The van der Waals surface area contributed by atoms with Crippen LogP contribution in [0.5, 0.6) is 0 Å². The van der Waals surface area contributed by atoms with Gasteiger partial charge in [-0.05, 0) is 60.7 Å². The van der Waals surface area contributed by atoms with E-state index in [9.17, 15) is 9.18 Å². The van der Waals surface area contributed by atoms with Crippen LogP contribution in [-0.4, -0.2) is 31.5 Å². The number of nitrogens with zero attached hydrogens (tertiary/aromatic N) is 4. The van der Waals surface area contributed by atoms with E-state index in [2.05, 4.69) is 36.5 Å². The molecule has 0 bridgehead atoms. The summed E-state index contributed by atoms with van der Waals surface area (Å²) < 4.78 is 15.7. The van der Waals surface area contributed by atoms with Gasteiger partial charge in [-0.15, -0.1) is 10.2 Å². The molecular weight excluding hydrogens is 445 g/mol. The van der Waals surface area contributed by atoms with Crippen LogP contribution in [0.25, 0.3) is 16.9 Å². The maximum Gasteiger partial charge on any atom is 0.234 e. The average molecular weight is 458 g/mol. The summed E-state index contributed by atoms with van der Waals surface area (Å²) in [4.78, 5) is 12.2. The number of hydrogen-bond donors (Lipinski definition) is 1. The van der Waals surface area contributed by atoms with E-state index in [0.29, 0.717) is 16.5 Å².